The van der Waals surface area contributed by atoms with Gasteiger partial charge >= 0.3 is 17.8 Å². The molecule has 1 unspecified atom stereocenters. The maximum Gasteiger partial charge on any atom is 0.490 e. The predicted octanol–water partition coefficient (Wildman–Crippen LogP) is 0.818. The van der Waals surface area contributed by atoms with E-state index in [9.17, 15) is 27.2 Å². The molecule has 1 saturated heterocycles. The van der Waals surface area contributed by atoms with Crippen molar-refractivity contribution in [1.29, 1.82) is 5.26 Å². The monoisotopic (exact) mass is 468 g/mol. The van der Waals surface area contributed by atoms with Crippen LogP contribution < -0.4 is 21.2 Å². The molecule has 2 aliphatic rings. The normalized spacial score (nSPS) is 16.5. The van der Waals surface area contributed by atoms with Crippen LogP contribution in [0.3, 0.4) is 0 Å². The standard InChI is InChI=1S/C17H15FN6O2.C2HF3O2/c18-13-2-1-10(3-11(13)5-19)6-20-14-4-16-23-9-15(25)21-7-12(23)8-24(16)17(26)22-14;3-2(4,5)1(6)7/h1-4,12H,6-9H2,(H,21,25)(H,20,22,26);(H,6,7). The number of carboxylic acids is 1. The quantitative estimate of drug-likeness (QED) is 0.563. The Labute approximate surface area is 183 Å². The molecular weight excluding hydrogens is 452 g/mol. The maximum atomic E-state index is 13.4. The molecular formula is C19H16F4N6O4. The Bertz CT molecular complexity index is 1190. The summed E-state index contributed by atoms with van der Waals surface area (Å²) in [5.41, 5.74) is 0.276. The van der Waals surface area contributed by atoms with Gasteiger partial charge in [0.25, 0.3) is 0 Å². The lowest BCUT2D eigenvalue weighted by Gasteiger charge is -2.30. The van der Waals surface area contributed by atoms with Crippen molar-refractivity contribution in [3.05, 3.63) is 51.7 Å². The lowest BCUT2D eigenvalue weighted by Crippen LogP contribution is -2.52. The molecule has 174 valence electrons. The molecule has 3 N–H and O–H groups in total. The number of hydrogen-bond acceptors (Lipinski definition) is 7. The fourth-order valence-electron chi connectivity index (χ4n) is 3.28. The van der Waals surface area contributed by atoms with E-state index in [1.165, 1.54) is 12.1 Å². The SMILES string of the molecule is N#Cc1cc(CNc2cc3n(c(=O)n2)CC2CNC(=O)CN32)ccc1F.O=C(O)C(F)(F)F. The van der Waals surface area contributed by atoms with Crippen LogP contribution in [0.25, 0.3) is 0 Å². The van der Waals surface area contributed by atoms with E-state index in [-0.39, 0.29) is 36.3 Å². The first-order chi connectivity index (χ1) is 15.5. The number of nitrogens with one attached hydrogen (secondary N) is 2. The molecule has 0 radical (unpaired) electrons. The van der Waals surface area contributed by atoms with Crippen LogP contribution in [0.5, 0.6) is 0 Å². The van der Waals surface area contributed by atoms with Crippen LogP contribution in [-0.4, -0.2) is 51.8 Å². The van der Waals surface area contributed by atoms with Gasteiger partial charge in [-0.15, -0.1) is 0 Å². The topological polar surface area (TPSA) is 140 Å². The lowest BCUT2D eigenvalue weighted by atomic mass is 10.1. The molecule has 0 aliphatic carbocycles. The molecule has 1 aromatic heterocycles. The van der Waals surface area contributed by atoms with Crippen molar-refractivity contribution in [3.63, 3.8) is 0 Å². The number of benzene rings is 1. The number of rotatable bonds is 3. The van der Waals surface area contributed by atoms with Crippen LogP contribution in [0.15, 0.2) is 29.1 Å². The summed E-state index contributed by atoms with van der Waals surface area (Å²) in [6, 6.07) is 7.83. The molecule has 1 aromatic carbocycles. The van der Waals surface area contributed by atoms with E-state index in [2.05, 4.69) is 15.6 Å². The average Bonchev–Trinajstić information content (AvgIpc) is 3.11. The minimum absolute atomic E-state index is 0.0338. The molecule has 1 amide bonds. The molecule has 0 spiro atoms. The van der Waals surface area contributed by atoms with E-state index in [4.69, 9.17) is 15.2 Å². The van der Waals surface area contributed by atoms with Crippen LogP contribution in [0, 0.1) is 17.1 Å². The van der Waals surface area contributed by atoms with Crippen molar-refractivity contribution in [2.45, 2.75) is 25.3 Å². The van der Waals surface area contributed by atoms with Gasteiger partial charge in [0.15, 0.2) is 0 Å². The van der Waals surface area contributed by atoms with Crippen molar-refractivity contribution in [1.82, 2.24) is 14.9 Å². The molecule has 3 heterocycles. The Morgan fingerprint density at radius 1 is 1.33 bits per heavy atom. The highest BCUT2D eigenvalue weighted by Crippen LogP contribution is 2.27. The van der Waals surface area contributed by atoms with Gasteiger partial charge in [0.1, 0.15) is 23.5 Å². The molecule has 33 heavy (non-hydrogen) atoms. The first-order valence-corrected chi connectivity index (χ1v) is 9.37. The van der Waals surface area contributed by atoms with Crippen molar-refractivity contribution < 1.29 is 32.3 Å². The number of aromatic nitrogens is 2. The number of nitrogens with zero attached hydrogens (tertiary/aromatic N) is 4. The van der Waals surface area contributed by atoms with Gasteiger partial charge in [-0.2, -0.15) is 23.4 Å². The first kappa shape index (κ1) is 23.5. The summed E-state index contributed by atoms with van der Waals surface area (Å²) in [6.07, 6.45) is -5.08. The first-order valence-electron chi connectivity index (χ1n) is 9.37. The zero-order valence-corrected chi connectivity index (χ0v) is 16.7. The number of alkyl halides is 3. The Hall–Kier alpha value is -4.15. The smallest absolute Gasteiger partial charge is 0.475 e. The second-order valence-electron chi connectivity index (χ2n) is 7.06. The molecule has 2 aliphatic heterocycles. The molecule has 0 bridgehead atoms. The van der Waals surface area contributed by atoms with E-state index in [0.29, 0.717) is 30.3 Å². The van der Waals surface area contributed by atoms with E-state index < -0.39 is 18.0 Å². The number of carboxylic acid groups (broad SMARTS) is 1. The summed E-state index contributed by atoms with van der Waals surface area (Å²) >= 11 is 0. The van der Waals surface area contributed by atoms with Crippen molar-refractivity contribution in [2.24, 2.45) is 0 Å². The van der Waals surface area contributed by atoms with E-state index in [1.54, 1.807) is 22.8 Å². The molecule has 1 atom stereocenters. The van der Waals surface area contributed by atoms with Gasteiger partial charge < -0.3 is 20.6 Å². The summed E-state index contributed by atoms with van der Waals surface area (Å²) in [4.78, 5) is 38.8. The van der Waals surface area contributed by atoms with E-state index >= 15 is 0 Å². The Morgan fingerprint density at radius 2 is 2.03 bits per heavy atom. The van der Waals surface area contributed by atoms with Crippen LogP contribution in [0.1, 0.15) is 11.1 Å². The highest BCUT2D eigenvalue weighted by Gasteiger charge is 2.38. The number of fused-ring (bicyclic) bond motifs is 3. The number of nitriles is 1. The van der Waals surface area contributed by atoms with Crippen LogP contribution in [0.2, 0.25) is 0 Å². The van der Waals surface area contributed by atoms with Crippen LogP contribution >= 0.6 is 0 Å². The molecule has 4 rings (SSSR count). The summed E-state index contributed by atoms with van der Waals surface area (Å²) in [7, 11) is 0. The lowest BCUT2D eigenvalue weighted by molar-refractivity contribution is -0.192. The van der Waals surface area contributed by atoms with Gasteiger partial charge in [-0.25, -0.2) is 14.0 Å². The van der Waals surface area contributed by atoms with Gasteiger partial charge in [-0.1, -0.05) is 6.07 Å². The average molecular weight is 468 g/mol. The number of aliphatic carboxylic acids is 1. The van der Waals surface area contributed by atoms with Gasteiger partial charge in [0, 0.05) is 19.2 Å². The molecule has 14 heteroatoms. The van der Waals surface area contributed by atoms with Crippen LogP contribution in [0.4, 0.5) is 29.2 Å². The largest absolute Gasteiger partial charge is 0.490 e. The predicted molar refractivity (Wildman–Crippen MR) is 105 cm³/mol. The number of amides is 1. The Morgan fingerprint density at radius 3 is 2.67 bits per heavy atom. The van der Waals surface area contributed by atoms with Crippen LogP contribution in [-0.2, 0) is 22.7 Å². The molecule has 10 nitrogen and oxygen atoms in total. The Kier molecular flexibility index (Phi) is 6.52. The van der Waals surface area contributed by atoms with Crippen molar-refractivity contribution in [2.75, 3.05) is 23.3 Å². The zero-order valence-electron chi connectivity index (χ0n) is 16.7. The summed E-state index contributed by atoms with van der Waals surface area (Å²) in [6.45, 7) is 1.48. The third-order valence-electron chi connectivity index (χ3n) is 4.83. The molecule has 2 aromatic rings. The minimum atomic E-state index is -5.08. The third-order valence-corrected chi connectivity index (χ3v) is 4.83. The van der Waals surface area contributed by atoms with Crippen molar-refractivity contribution in [3.8, 4) is 6.07 Å². The fourth-order valence-corrected chi connectivity index (χ4v) is 3.28. The molecule has 0 saturated carbocycles. The zero-order chi connectivity index (χ0) is 24.3. The summed E-state index contributed by atoms with van der Waals surface area (Å²) < 4.78 is 46.7. The minimum Gasteiger partial charge on any atom is -0.475 e. The number of anilines is 2. The number of halogens is 4. The van der Waals surface area contributed by atoms with Gasteiger partial charge in [-0.3, -0.25) is 9.36 Å². The van der Waals surface area contributed by atoms with Gasteiger partial charge in [0.05, 0.1) is 24.7 Å². The summed E-state index contributed by atoms with van der Waals surface area (Å²) in [5, 5.41) is 21.8. The second-order valence-corrected chi connectivity index (χ2v) is 7.06. The third kappa shape index (κ3) is 5.37. The number of carbonyl (C=O) groups excluding carboxylic acids is 1. The van der Waals surface area contributed by atoms with E-state index in [1.807, 2.05) is 4.90 Å². The molecule has 1 fully saturated rings. The highest BCUT2D eigenvalue weighted by atomic mass is 19.4. The van der Waals surface area contributed by atoms with E-state index in [0.717, 1.165) is 0 Å². The van der Waals surface area contributed by atoms with Gasteiger partial charge in [-0.05, 0) is 17.7 Å². The highest BCUT2D eigenvalue weighted by molar-refractivity contribution is 5.83. The number of piperazine rings is 1. The van der Waals surface area contributed by atoms with Gasteiger partial charge in [0.2, 0.25) is 5.91 Å². The second kappa shape index (κ2) is 9.15. The Balaban J connectivity index is 0.000000383. The maximum absolute atomic E-state index is 13.4. The number of carbonyl (C=O) groups is 2. The summed E-state index contributed by atoms with van der Waals surface area (Å²) in [5.74, 6) is -2.38. The number of hydrogen-bond donors (Lipinski definition) is 3. The van der Waals surface area contributed by atoms with Crippen molar-refractivity contribution >= 4 is 23.5 Å². The fraction of sp³-hybridized carbons (Fsp3) is 0.316.